The molecule has 7 heteroatoms. The zero-order chi connectivity index (χ0) is 11.1. The molecule has 1 fully saturated rings. The first-order chi connectivity index (χ1) is 7.75. The van der Waals surface area contributed by atoms with Gasteiger partial charge in [0.15, 0.2) is 10.6 Å². The third kappa shape index (κ3) is 1.57. The number of nitrogens with one attached hydrogen (secondary N) is 1. The zero-order valence-corrected chi connectivity index (χ0v) is 9.74. The molecule has 0 aromatic carbocycles. The van der Waals surface area contributed by atoms with E-state index in [1.807, 2.05) is 16.2 Å². The molecule has 1 aliphatic carbocycles. The molecule has 16 heavy (non-hydrogen) atoms. The van der Waals surface area contributed by atoms with E-state index in [0.717, 1.165) is 11.6 Å². The monoisotopic (exact) mass is 236 g/mol. The summed E-state index contributed by atoms with van der Waals surface area (Å²) < 4.78 is 4.56. The molecule has 0 amide bonds. The maximum absolute atomic E-state index is 5.22. The summed E-state index contributed by atoms with van der Waals surface area (Å²) in [6.07, 6.45) is 4.10. The van der Waals surface area contributed by atoms with E-state index in [9.17, 15) is 0 Å². The molecule has 0 radical (unpaired) electrons. The molecule has 0 unspecified atom stereocenters. The van der Waals surface area contributed by atoms with E-state index in [1.54, 1.807) is 6.33 Å². The summed E-state index contributed by atoms with van der Waals surface area (Å²) in [6, 6.07) is 0. The summed E-state index contributed by atoms with van der Waals surface area (Å²) in [5.74, 6) is 2.51. The molecular weight excluding hydrogens is 224 g/mol. The molecule has 1 saturated carbocycles. The van der Waals surface area contributed by atoms with Gasteiger partial charge >= 0.3 is 0 Å². The van der Waals surface area contributed by atoms with Crippen molar-refractivity contribution in [2.24, 2.45) is 7.05 Å². The van der Waals surface area contributed by atoms with Crippen molar-refractivity contribution in [3.63, 3.8) is 0 Å². The lowest BCUT2D eigenvalue weighted by Crippen LogP contribution is -2.09. The lowest BCUT2D eigenvalue weighted by atomic mass is 10.4. The van der Waals surface area contributed by atoms with Crippen molar-refractivity contribution in [2.45, 2.75) is 25.3 Å². The lowest BCUT2D eigenvalue weighted by molar-refractivity contribution is 0.656. The first kappa shape index (κ1) is 9.71. The zero-order valence-electron chi connectivity index (χ0n) is 8.92. The molecule has 1 N–H and O–H groups in total. The first-order valence-corrected chi connectivity index (χ1v) is 5.64. The fraction of sp³-hybridized carbons (Fsp3) is 0.556. The number of aromatic nitrogens is 6. The van der Waals surface area contributed by atoms with Gasteiger partial charge in [0.2, 0.25) is 0 Å². The van der Waals surface area contributed by atoms with Crippen molar-refractivity contribution >= 4 is 12.2 Å². The smallest absolute Gasteiger partial charge is 0.195 e. The number of aromatic amines is 1. The maximum atomic E-state index is 5.22. The Morgan fingerprint density at radius 2 is 2.38 bits per heavy atom. The highest BCUT2D eigenvalue weighted by atomic mass is 32.1. The number of nitrogens with zero attached hydrogens (tertiary/aromatic N) is 5. The molecule has 6 nitrogen and oxygen atoms in total. The van der Waals surface area contributed by atoms with Gasteiger partial charge < -0.3 is 4.57 Å². The van der Waals surface area contributed by atoms with Gasteiger partial charge in [-0.05, 0) is 25.1 Å². The van der Waals surface area contributed by atoms with E-state index < -0.39 is 0 Å². The fourth-order valence-electron chi connectivity index (χ4n) is 1.73. The Balaban J connectivity index is 1.97. The van der Waals surface area contributed by atoms with Crippen LogP contribution in [-0.2, 0) is 13.6 Å². The fourth-order valence-corrected chi connectivity index (χ4v) is 1.93. The minimum Gasteiger partial charge on any atom is -0.319 e. The quantitative estimate of drug-likeness (QED) is 0.807. The van der Waals surface area contributed by atoms with Crippen LogP contribution in [0.2, 0.25) is 0 Å². The predicted octanol–water partition coefficient (Wildman–Crippen LogP) is 0.995. The molecule has 0 bridgehead atoms. The second kappa shape index (κ2) is 3.51. The summed E-state index contributed by atoms with van der Waals surface area (Å²) in [5, 5.41) is 15.0. The van der Waals surface area contributed by atoms with Gasteiger partial charge in [0.25, 0.3) is 0 Å². The number of hydrogen-bond donors (Lipinski definition) is 1. The standard InChI is InChI=1S/C9H12N6S/c1-14-5-10-11-7(14)4-15-8(6-2-3-6)12-13-9(15)16/h5-6H,2-4H2,1H3,(H,13,16). The molecule has 0 aliphatic heterocycles. The van der Waals surface area contributed by atoms with Crippen LogP contribution in [0.15, 0.2) is 6.33 Å². The highest BCUT2D eigenvalue weighted by Crippen LogP contribution is 2.38. The van der Waals surface area contributed by atoms with Crippen molar-refractivity contribution in [1.82, 2.24) is 29.5 Å². The van der Waals surface area contributed by atoms with Crippen LogP contribution in [0.3, 0.4) is 0 Å². The Labute approximate surface area is 97.3 Å². The van der Waals surface area contributed by atoms with Gasteiger partial charge in [0.1, 0.15) is 12.2 Å². The van der Waals surface area contributed by atoms with Crippen LogP contribution < -0.4 is 0 Å². The Hall–Kier alpha value is -1.50. The number of hydrogen-bond acceptors (Lipinski definition) is 4. The molecule has 2 heterocycles. The molecule has 0 atom stereocenters. The van der Waals surface area contributed by atoms with E-state index >= 15 is 0 Å². The maximum Gasteiger partial charge on any atom is 0.195 e. The Morgan fingerprint density at radius 1 is 1.56 bits per heavy atom. The van der Waals surface area contributed by atoms with Crippen LogP contribution in [0.5, 0.6) is 0 Å². The van der Waals surface area contributed by atoms with E-state index in [1.165, 1.54) is 12.8 Å². The average Bonchev–Trinajstić information content (AvgIpc) is 2.94. The van der Waals surface area contributed by atoms with Crippen molar-refractivity contribution < 1.29 is 0 Å². The van der Waals surface area contributed by atoms with Crippen LogP contribution in [0, 0.1) is 4.77 Å². The summed E-state index contributed by atoms with van der Waals surface area (Å²) in [6.45, 7) is 0.637. The second-order valence-corrected chi connectivity index (χ2v) is 4.49. The van der Waals surface area contributed by atoms with Crippen LogP contribution in [0.4, 0.5) is 0 Å². The summed E-state index contributed by atoms with van der Waals surface area (Å²) in [4.78, 5) is 0. The van der Waals surface area contributed by atoms with Crippen molar-refractivity contribution in [3.05, 3.63) is 22.7 Å². The van der Waals surface area contributed by atoms with Crippen molar-refractivity contribution in [3.8, 4) is 0 Å². The van der Waals surface area contributed by atoms with E-state index in [4.69, 9.17) is 12.2 Å². The highest BCUT2D eigenvalue weighted by molar-refractivity contribution is 7.71. The van der Waals surface area contributed by atoms with E-state index in [-0.39, 0.29) is 0 Å². The van der Waals surface area contributed by atoms with Gasteiger partial charge in [-0.1, -0.05) is 0 Å². The van der Waals surface area contributed by atoms with Crippen LogP contribution in [0.25, 0.3) is 0 Å². The van der Waals surface area contributed by atoms with E-state index in [2.05, 4.69) is 20.4 Å². The van der Waals surface area contributed by atoms with Crippen molar-refractivity contribution in [1.29, 1.82) is 0 Å². The molecule has 2 aromatic rings. The molecule has 1 aliphatic rings. The molecule has 2 aromatic heterocycles. The van der Waals surface area contributed by atoms with Gasteiger partial charge in [0, 0.05) is 13.0 Å². The van der Waals surface area contributed by atoms with Gasteiger partial charge in [-0.3, -0.25) is 9.67 Å². The Kier molecular flexibility index (Phi) is 2.13. The third-order valence-corrected chi connectivity index (χ3v) is 3.15. The van der Waals surface area contributed by atoms with Gasteiger partial charge in [0.05, 0.1) is 6.54 Å². The minimum absolute atomic E-state index is 0.571. The van der Waals surface area contributed by atoms with E-state index in [0.29, 0.717) is 17.2 Å². The molecule has 3 rings (SSSR count). The topological polar surface area (TPSA) is 64.3 Å². The van der Waals surface area contributed by atoms with Gasteiger partial charge in [-0.2, -0.15) is 5.10 Å². The lowest BCUT2D eigenvalue weighted by Gasteiger charge is -2.04. The number of H-pyrrole nitrogens is 1. The summed E-state index contributed by atoms with van der Waals surface area (Å²) >= 11 is 5.22. The SMILES string of the molecule is Cn1cnnc1Cn1c(C2CC2)n[nH]c1=S. The normalized spacial score (nSPS) is 15.6. The average molecular weight is 236 g/mol. The van der Waals surface area contributed by atoms with Crippen LogP contribution >= 0.6 is 12.2 Å². The minimum atomic E-state index is 0.571. The first-order valence-electron chi connectivity index (χ1n) is 5.23. The number of aryl methyl sites for hydroxylation is 1. The molecule has 0 saturated heterocycles. The Bertz CT molecular complexity index is 561. The molecule has 84 valence electrons. The molecular formula is C9H12N6S. The van der Waals surface area contributed by atoms with Crippen LogP contribution in [-0.4, -0.2) is 29.5 Å². The van der Waals surface area contributed by atoms with Crippen molar-refractivity contribution in [2.75, 3.05) is 0 Å². The van der Waals surface area contributed by atoms with Gasteiger partial charge in [-0.25, -0.2) is 0 Å². The van der Waals surface area contributed by atoms with Gasteiger partial charge in [-0.15, -0.1) is 10.2 Å². The second-order valence-electron chi connectivity index (χ2n) is 4.11. The highest BCUT2D eigenvalue weighted by Gasteiger charge is 2.29. The summed E-state index contributed by atoms with van der Waals surface area (Å²) in [7, 11) is 1.93. The predicted molar refractivity (Wildman–Crippen MR) is 59.5 cm³/mol. The van der Waals surface area contributed by atoms with Crippen LogP contribution in [0.1, 0.15) is 30.4 Å². The third-order valence-electron chi connectivity index (χ3n) is 2.83. The molecule has 0 spiro atoms. The largest absolute Gasteiger partial charge is 0.319 e. The Morgan fingerprint density at radius 3 is 3.00 bits per heavy atom. The summed E-state index contributed by atoms with van der Waals surface area (Å²) in [5.41, 5.74) is 0. The number of rotatable bonds is 3.